The molecule has 0 amide bonds. The van der Waals surface area contributed by atoms with Crippen LogP contribution in [-0.2, 0) is 4.74 Å². The fourth-order valence-electron chi connectivity index (χ4n) is 1.21. The maximum atomic E-state index is 11.2. The van der Waals surface area contributed by atoms with Gasteiger partial charge in [-0.2, -0.15) is 0 Å². The number of ether oxygens (including phenoxy) is 1. The van der Waals surface area contributed by atoms with Crippen molar-refractivity contribution < 1.29 is 9.53 Å². The summed E-state index contributed by atoms with van der Waals surface area (Å²) in [4.78, 5) is 19.5. The third kappa shape index (κ3) is 1.89. The summed E-state index contributed by atoms with van der Waals surface area (Å²) < 4.78 is 4.82. The molecule has 1 saturated carbocycles. The summed E-state index contributed by atoms with van der Waals surface area (Å²) in [6.07, 6.45) is 5.41. The van der Waals surface area contributed by atoms with Gasteiger partial charge in [0.15, 0.2) is 0 Å². The topological polar surface area (TPSA) is 52.1 Å². The molecule has 0 aromatic carbocycles. The molecule has 0 N–H and O–H groups in total. The van der Waals surface area contributed by atoms with Crippen molar-refractivity contribution in [1.82, 2.24) is 9.97 Å². The molecule has 4 heteroatoms. The maximum absolute atomic E-state index is 11.2. The van der Waals surface area contributed by atoms with E-state index in [2.05, 4.69) is 9.97 Å². The Labute approximate surface area is 82.3 Å². The van der Waals surface area contributed by atoms with E-state index >= 15 is 0 Å². The van der Waals surface area contributed by atoms with Gasteiger partial charge in [-0.1, -0.05) is 0 Å². The van der Waals surface area contributed by atoms with Gasteiger partial charge < -0.3 is 4.74 Å². The van der Waals surface area contributed by atoms with E-state index in [0.717, 1.165) is 5.82 Å². The van der Waals surface area contributed by atoms with E-state index in [4.69, 9.17) is 4.74 Å². The smallest absolute Gasteiger partial charge is 0.341 e. The number of carbonyl (C=O) groups is 1. The predicted molar refractivity (Wildman–Crippen MR) is 50.0 cm³/mol. The highest BCUT2D eigenvalue weighted by Gasteiger charge is 2.26. The van der Waals surface area contributed by atoms with Crippen molar-refractivity contribution in [3.05, 3.63) is 23.8 Å². The summed E-state index contributed by atoms with van der Waals surface area (Å²) >= 11 is 0. The lowest BCUT2D eigenvalue weighted by atomic mass is 10.3. The number of esters is 1. The van der Waals surface area contributed by atoms with E-state index in [1.54, 1.807) is 19.3 Å². The number of hydrogen-bond donors (Lipinski definition) is 0. The van der Waals surface area contributed by atoms with E-state index in [9.17, 15) is 4.79 Å². The first kappa shape index (κ1) is 9.12. The molecule has 1 fully saturated rings. The molecule has 1 aromatic heterocycles. The van der Waals surface area contributed by atoms with Crippen molar-refractivity contribution >= 4 is 5.97 Å². The molecule has 1 heterocycles. The largest absolute Gasteiger partial charge is 0.462 e. The highest BCUT2D eigenvalue weighted by molar-refractivity contribution is 5.88. The van der Waals surface area contributed by atoms with Crippen LogP contribution in [0.25, 0.3) is 0 Å². The predicted octanol–water partition coefficient (Wildman–Crippen LogP) is 1.53. The van der Waals surface area contributed by atoms with E-state index in [1.165, 1.54) is 12.8 Å². The van der Waals surface area contributed by atoms with Gasteiger partial charge in [0.05, 0.1) is 12.2 Å². The van der Waals surface area contributed by atoms with Crippen LogP contribution >= 0.6 is 0 Å². The van der Waals surface area contributed by atoms with Gasteiger partial charge in [0, 0.05) is 18.3 Å². The third-order valence-electron chi connectivity index (χ3n) is 2.13. The molecule has 0 saturated heterocycles. The second-order valence-corrected chi connectivity index (χ2v) is 3.32. The minimum Gasteiger partial charge on any atom is -0.462 e. The van der Waals surface area contributed by atoms with Crippen LogP contribution in [0.3, 0.4) is 0 Å². The van der Waals surface area contributed by atoms with E-state index < -0.39 is 0 Å². The van der Waals surface area contributed by atoms with Crippen LogP contribution < -0.4 is 0 Å². The molecule has 4 nitrogen and oxygen atoms in total. The van der Waals surface area contributed by atoms with Crippen LogP contribution in [0, 0.1) is 0 Å². The lowest BCUT2D eigenvalue weighted by Crippen LogP contribution is -2.06. The van der Waals surface area contributed by atoms with Gasteiger partial charge in [0.25, 0.3) is 0 Å². The normalized spacial score (nSPS) is 15.2. The summed E-state index contributed by atoms with van der Waals surface area (Å²) in [5.74, 6) is 1.01. The van der Waals surface area contributed by atoms with Crippen molar-refractivity contribution in [2.24, 2.45) is 0 Å². The molecule has 0 radical (unpaired) electrons. The van der Waals surface area contributed by atoms with Crippen molar-refractivity contribution in [2.45, 2.75) is 25.7 Å². The lowest BCUT2D eigenvalue weighted by molar-refractivity contribution is 0.0525. The standard InChI is InChI=1S/C10H12N2O2/c1-2-14-10(13)8-5-11-9(12-6-8)7-3-4-7/h5-7H,2-4H2,1H3. The SMILES string of the molecule is CCOC(=O)c1cnc(C2CC2)nc1. The van der Waals surface area contributed by atoms with Crippen LogP contribution in [-0.4, -0.2) is 22.5 Å². The Morgan fingerprint density at radius 1 is 1.50 bits per heavy atom. The van der Waals surface area contributed by atoms with Gasteiger partial charge in [0.2, 0.25) is 0 Å². The van der Waals surface area contributed by atoms with Gasteiger partial charge in [0.1, 0.15) is 5.82 Å². The molecular formula is C10H12N2O2. The zero-order valence-electron chi connectivity index (χ0n) is 8.06. The zero-order valence-corrected chi connectivity index (χ0v) is 8.06. The fourth-order valence-corrected chi connectivity index (χ4v) is 1.21. The number of carbonyl (C=O) groups excluding carboxylic acids is 1. The summed E-state index contributed by atoms with van der Waals surface area (Å²) in [6.45, 7) is 2.15. The lowest BCUT2D eigenvalue weighted by Gasteiger charge is -2.01. The minimum atomic E-state index is -0.352. The summed E-state index contributed by atoms with van der Waals surface area (Å²) in [6, 6.07) is 0. The second kappa shape index (κ2) is 3.74. The number of hydrogen-bond acceptors (Lipinski definition) is 4. The first-order chi connectivity index (χ1) is 6.81. The van der Waals surface area contributed by atoms with Gasteiger partial charge in [-0.05, 0) is 19.8 Å². The van der Waals surface area contributed by atoms with Crippen LogP contribution in [0.15, 0.2) is 12.4 Å². The molecule has 14 heavy (non-hydrogen) atoms. The third-order valence-corrected chi connectivity index (χ3v) is 2.13. The van der Waals surface area contributed by atoms with Crippen LogP contribution in [0.1, 0.15) is 41.9 Å². The van der Waals surface area contributed by atoms with E-state index in [0.29, 0.717) is 18.1 Å². The van der Waals surface area contributed by atoms with Crippen molar-refractivity contribution in [3.8, 4) is 0 Å². The maximum Gasteiger partial charge on any atom is 0.341 e. The van der Waals surface area contributed by atoms with E-state index in [1.807, 2.05) is 0 Å². The molecule has 0 atom stereocenters. The Kier molecular flexibility index (Phi) is 2.43. The molecule has 1 aliphatic carbocycles. The molecule has 1 aromatic rings. The Morgan fingerprint density at radius 2 is 2.14 bits per heavy atom. The molecule has 0 spiro atoms. The fraction of sp³-hybridized carbons (Fsp3) is 0.500. The second-order valence-electron chi connectivity index (χ2n) is 3.32. The van der Waals surface area contributed by atoms with Crippen molar-refractivity contribution in [3.63, 3.8) is 0 Å². The highest BCUT2D eigenvalue weighted by Crippen LogP contribution is 2.37. The minimum absolute atomic E-state index is 0.352. The number of aromatic nitrogens is 2. The molecule has 0 unspecified atom stereocenters. The average Bonchev–Trinajstić information content (AvgIpc) is 3.02. The monoisotopic (exact) mass is 192 g/mol. The molecule has 2 rings (SSSR count). The number of nitrogens with zero attached hydrogens (tertiary/aromatic N) is 2. The molecule has 74 valence electrons. The first-order valence-corrected chi connectivity index (χ1v) is 4.80. The van der Waals surface area contributed by atoms with Crippen molar-refractivity contribution in [1.29, 1.82) is 0 Å². The van der Waals surface area contributed by atoms with Crippen LogP contribution in [0.4, 0.5) is 0 Å². The summed E-state index contributed by atoms with van der Waals surface area (Å²) in [7, 11) is 0. The molecule has 0 bridgehead atoms. The molecule has 0 aliphatic heterocycles. The van der Waals surface area contributed by atoms with E-state index in [-0.39, 0.29) is 5.97 Å². The van der Waals surface area contributed by atoms with Gasteiger partial charge >= 0.3 is 5.97 Å². The summed E-state index contributed by atoms with van der Waals surface area (Å²) in [5, 5.41) is 0. The van der Waals surface area contributed by atoms with Crippen LogP contribution in [0.5, 0.6) is 0 Å². The molecule has 1 aliphatic rings. The number of rotatable bonds is 3. The Balaban J connectivity index is 2.08. The first-order valence-electron chi connectivity index (χ1n) is 4.80. The zero-order chi connectivity index (χ0) is 9.97. The quantitative estimate of drug-likeness (QED) is 0.681. The van der Waals surface area contributed by atoms with Gasteiger partial charge in [-0.3, -0.25) is 0 Å². The van der Waals surface area contributed by atoms with Gasteiger partial charge in [-0.15, -0.1) is 0 Å². The summed E-state index contributed by atoms with van der Waals surface area (Å²) in [5.41, 5.74) is 0.427. The Morgan fingerprint density at radius 3 is 2.64 bits per heavy atom. The Bertz CT molecular complexity index is 330. The molecular weight excluding hydrogens is 180 g/mol. The van der Waals surface area contributed by atoms with Crippen molar-refractivity contribution in [2.75, 3.05) is 6.61 Å². The highest BCUT2D eigenvalue weighted by atomic mass is 16.5. The average molecular weight is 192 g/mol. The van der Waals surface area contributed by atoms with Crippen LogP contribution in [0.2, 0.25) is 0 Å². The Hall–Kier alpha value is -1.45. The van der Waals surface area contributed by atoms with Gasteiger partial charge in [-0.25, -0.2) is 14.8 Å².